The van der Waals surface area contributed by atoms with Gasteiger partial charge in [0.1, 0.15) is 5.75 Å². The number of hydrogen-bond donors (Lipinski definition) is 2. The molecule has 176 valence electrons. The van der Waals surface area contributed by atoms with Crippen LogP contribution in [0.25, 0.3) is 0 Å². The van der Waals surface area contributed by atoms with Crippen LogP contribution in [0.15, 0.2) is 60.7 Å². The number of aliphatic hydroxyl groups is 1. The first-order valence-corrected chi connectivity index (χ1v) is 11.6. The Morgan fingerprint density at radius 3 is 2.71 bits per heavy atom. The summed E-state index contributed by atoms with van der Waals surface area (Å²) in [4.78, 5) is 27.8. The smallest absolute Gasteiger partial charge is 0.262 e. The lowest BCUT2D eigenvalue weighted by molar-refractivity contribution is -0.115. The topological polar surface area (TPSA) is 78.9 Å². The standard InChI is InChI=1S/C27H27ClN2O4/c1-17-6-3-4-7-18(17)14-26(32)29-20-10-11-21(25(16-20)34-2)27(33)30-13-5-8-24(31)22-15-19(28)9-12-23(22)30/h3-4,6-7,9-12,15-16,24,31H,5,8,13-14H2,1-2H3,(H,29,32). The molecule has 0 bridgehead atoms. The van der Waals surface area contributed by atoms with Crippen LogP contribution in [-0.4, -0.2) is 30.6 Å². The summed E-state index contributed by atoms with van der Waals surface area (Å²) in [5.74, 6) is -0.0333. The van der Waals surface area contributed by atoms with E-state index in [9.17, 15) is 14.7 Å². The molecule has 1 heterocycles. The number of ether oxygens (including phenoxy) is 1. The number of carbonyl (C=O) groups is 2. The lowest BCUT2D eigenvalue weighted by Crippen LogP contribution is -2.32. The second-order valence-electron chi connectivity index (χ2n) is 8.38. The first-order valence-electron chi connectivity index (χ1n) is 11.2. The van der Waals surface area contributed by atoms with Gasteiger partial charge in [0.05, 0.1) is 25.2 Å². The molecule has 0 aliphatic carbocycles. The first kappa shape index (κ1) is 23.8. The molecule has 2 N–H and O–H groups in total. The molecular weight excluding hydrogens is 452 g/mol. The molecule has 0 fully saturated rings. The van der Waals surface area contributed by atoms with Crippen molar-refractivity contribution in [3.05, 3.63) is 87.9 Å². The van der Waals surface area contributed by atoms with E-state index in [2.05, 4.69) is 5.32 Å². The highest BCUT2D eigenvalue weighted by atomic mass is 35.5. The Balaban J connectivity index is 1.57. The Hall–Kier alpha value is -3.35. The van der Waals surface area contributed by atoms with Gasteiger partial charge >= 0.3 is 0 Å². The second kappa shape index (κ2) is 10.3. The monoisotopic (exact) mass is 478 g/mol. The van der Waals surface area contributed by atoms with Crippen LogP contribution in [0.2, 0.25) is 5.02 Å². The van der Waals surface area contributed by atoms with Crippen molar-refractivity contribution in [3.8, 4) is 5.75 Å². The van der Waals surface area contributed by atoms with Gasteiger partial charge in [0, 0.05) is 34.6 Å². The van der Waals surface area contributed by atoms with Crippen LogP contribution in [0.3, 0.4) is 0 Å². The summed E-state index contributed by atoms with van der Waals surface area (Å²) in [7, 11) is 1.49. The van der Waals surface area contributed by atoms with Gasteiger partial charge in [-0.05, 0) is 61.2 Å². The molecule has 0 saturated carbocycles. The van der Waals surface area contributed by atoms with Crippen molar-refractivity contribution >= 4 is 34.8 Å². The molecule has 0 saturated heterocycles. The minimum Gasteiger partial charge on any atom is -0.496 e. The number of amides is 2. The summed E-state index contributed by atoms with van der Waals surface area (Å²) in [5, 5.41) is 13.9. The molecule has 1 aliphatic heterocycles. The Morgan fingerprint density at radius 2 is 1.94 bits per heavy atom. The fourth-order valence-electron chi connectivity index (χ4n) is 4.25. The number of fused-ring (bicyclic) bond motifs is 1. The average Bonchev–Trinajstić information content (AvgIpc) is 2.98. The molecule has 7 heteroatoms. The molecule has 2 amide bonds. The largest absolute Gasteiger partial charge is 0.496 e. The van der Waals surface area contributed by atoms with Crippen LogP contribution in [0.5, 0.6) is 5.75 Å². The minimum absolute atomic E-state index is 0.150. The predicted octanol–water partition coefficient (Wildman–Crippen LogP) is 5.31. The SMILES string of the molecule is COc1cc(NC(=O)Cc2ccccc2C)ccc1C(=O)N1CCCC(O)c2cc(Cl)ccc21. The van der Waals surface area contributed by atoms with Crippen molar-refractivity contribution in [1.29, 1.82) is 0 Å². The third-order valence-electron chi connectivity index (χ3n) is 6.07. The first-order chi connectivity index (χ1) is 16.4. The molecule has 1 unspecified atom stereocenters. The molecule has 4 rings (SSSR count). The molecule has 6 nitrogen and oxygen atoms in total. The molecule has 1 atom stereocenters. The van der Waals surface area contributed by atoms with Crippen LogP contribution < -0.4 is 15.0 Å². The highest BCUT2D eigenvalue weighted by Crippen LogP contribution is 2.36. The normalized spacial score (nSPS) is 15.3. The van der Waals surface area contributed by atoms with Crippen molar-refractivity contribution in [2.75, 3.05) is 23.9 Å². The number of carbonyl (C=O) groups excluding carboxylic acids is 2. The van der Waals surface area contributed by atoms with Gasteiger partial charge < -0.3 is 20.1 Å². The molecule has 34 heavy (non-hydrogen) atoms. The van der Waals surface area contributed by atoms with E-state index in [1.807, 2.05) is 31.2 Å². The van der Waals surface area contributed by atoms with Crippen LogP contribution >= 0.6 is 11.6 Å². The summed E-state index contributed by atoms with van der Waals surface area (Å²) >= 11 is 6.14. The molecule has 3 aromatic rings. The summed E-state index contributed by atoms with van der Waals surface area (Å²) in [6, 6.07) is 17.9. The lowest BCUT2D eigenvalue weighted by atomic mass is 10.0. The fraction of sp³-hybridized carbons (Fsp3) is 0.259. The second-order valence-corrected chi connectivity index (χ2v) is 8.82. The Morgan fingerprint density at radius 1 is 1.15 bits per heavy atom. The zero-order valence-electron chi connectivity index (χ0n) is 19.2. The van der Waals surface area contributed by atoms with E-state index in [0.717, 1.165) is 11.1 Å². The van der Waals surface area contributed by atoms with Crippen LogP contribution in [0, 0.1) is 6.92 Å². The number of aliphatic hydroxyl groups excluding tert-OH is 1. The highest BCUT2D eigenvalue weighted by Gasteiger charge is 2.28. The van der Waals surface area contributed by atoms with Crippen molar-refractivity contribution in [3.63, 3.8) is 0 Å². The third-order valence-corrected chi connectivity index (χ3v) is 6.31. The maximum atomic E-state index is 13.5. The van der Waals surface area contributed by atoms with Crippen molar-refractivity contribution in [2.24, 2.45) is 0 Å². The quantitative estimate of drug-likeness (QED) is 0.520. The predicted molar refractivity (Wildman–Crippen MR) is 134 cm³/mol. The zero-order valence-corrected chi connectivity index (χ0v) is 19.9. The van der Waals surface area contributed by atoms with Crippen LogP contribution in [-0.2, 0) is 11.2 Å². The van der Waals surface area contributed by atoms with E-state index in [-0.39, 0.29) is 18.2 Å². The fourth-order valence-corrected chi connectivity index (χ4v) is 4.43. The summed E-state index contributed by atoms with van der Waals surface area (Å²) in [6.45, 7) is 2.43. The Kier molecular flexibility index (Phi) is 7.20. The lowest BCUT2D eigenvalue weighted by Gasteiger charge is -2.24. The Labute approximate surface area is 204 Å². The number of hydrogen-bond acceptors (Lipinski definition) is 4. The van der Waals surface area contributed by atoms with Crippen molar-refractivity contribution in [2.45, 2.75) is 32.3 Å². The molecule has 0 radical (unpaired) electrons. The van der Waals surface area contributed by atoms with Gasteiger partial charge in [0.2, 0.25) is 5.91 Å². The van der Waals surface area contributed by atoms with E-state index in [4.69, 9.17) is 16.3 Å². The molecule has 3 aromatic carbocycles. The van der Waals surface area contributed by atoms with Crippen molar-refractivity contribution < 1.29 is 19.4 Å². The summed E-state index contributed by atoms with van der Waals surface area (Å²) in [6.07, 6.45) is 0.763. The minimum atomic E-state index is -0.681. The number of benzene rings is 3. The summed E-state index contributed by atoms with van der Waals surface area (Å²) < 4.78 is 5.51. The van der Waals surface area contributed by atoms with E-state index < -0.39 is 6.10 Å². The zero-order chi connectivity index (χ0) is 24.2. The Bertz CT molecular complexity index is 1230. The highest BCUT2D eigenvalue weighted by molar-refractivity contribution is 6.30. The number of nitrogens with zero attached hydrogens (tertiary/aromatic N) is 1. The van der Waals surface area contributed by atoms with E-state index in [1.54, 1.807) is 41.3 Å². The molecule has 0 spiro atoms. The number of rotatable bonds is 5. The maximum absolute atomic E-state index is 13.5. The third kappa shape index (κ3) is 5.08. The number of methoxy groups -OCH3 is 1. The number of nitrogens with one attached hydrogen (secondary N) is 1. The van der Waals surface area contributed by atoms with Gasteiger partial charge in [0.15, 0.2) is 0 Å². The van der Waals surface area contributed by atoms with Gasteiger partial charge in [-0.3, -0.25) is 9.59 Å². The van der Waals surface area contributed by atoms with E-state index in [1.165, 1.54) is 7.11 Å². The van der Waals surface area contributed by atoms with Crippen molar-refractivity contribution in [1.82, 2.24) is 0 Å². The van der Waals surface area contributed by atoms with E-state index in [0.29, 0.717) is 52.7 Å². The molecular formula is C27H27ClN2O4. The molecule has 0 aromatic heterocycles. The van der Waals surface area contributed by atoms with Crippen LogP contribution in [0.1, 0.15) is 46.0 Å². The van der Waals surface area contributed by atoms with E-state index >= 15 is 0 Å². The van der Waals surface area contributed by atoms with Crippen LogP contribution in [0.4, 0.5) is 11.4 Å². The molecule has 1 aliphatic rings. The summed E-state index contributed by atoms with van der Waals surface area (Å²) in [5.41, 5.74) is 4.21. The van der Waals surface area contributed by atoms with Gasteiger partial charge in [-0.1, -0.05) is 35.9 Å². The van der Waals surface area contributed by atoms with Gasteiger partial charge in [0.25, 0.3) is 5.91 Å². The number of aryl methyl sites for hydroxylation is 1. The average molecular weight is 479 g/mol. The van der Waals surface area contributed by atoms with Gasteiger partial charge in [-0.25, -0.2) is 0 Å². The van der Waals surface area contributed by atoms with Gasteiger partial charge in [-0.15, -0.1) is 0 Å². The number of halogens is 1. The maximum Gasteiger partial charge on any atom is 0.262 e. The number of anilines is 2. The van der Waals surface area contributed by atoms with Gasteiger partial charge in [-0.2, -0.15) is 0 Å².